The largest absolute Gasteiger partial charge is 0.381 e. The van der Waals surface area contributed by atoms with Crippen LogP contribution in [0.5, 0.6) is 0 Å². The smallest absolute Gasteiger partial charge is 0.0478 e. The topological polar surface area (TPSA) is 38.5 Å². The van der Waals surface area contributed by atoms with E-state index in [4.69, 9.17) is 10.5 Å². The zero-order valence-corrected chi connectivity index (χ0v) is 7.68. The van der Waals surface area contributed by atoms with Crippen LogP contribution in [0.3, 0.4) is 0 Å². The molecule has 68 valence electrons. The van der Waals surface area contributed by atoms with E-state index in [1.807, 2.05) is 0 Å². The summed E-state index contributed by atoms with van der Waals surface area (Å²) >= 11 is 0. The van der Waals surface area contributed by atoms with Crippen molar-refractivity contribution in [2.45, 2.75) is 12.8 Å². The highest BCUT2D eigenvalue weighted by molar-refractivity contribution is 4.43. The van der Waals surface area contributed by atoms with Gasteiger partial charge in [-0.3, -0.25) is 0 Å². The van der Waals surface area contributed by atoms with Crippen molar-refractivity contribution in [3.8, 4) is 0 Å². The van der Waals surface area contributed by atoms with Crippen molar-refractivity contribution in [2.24, 2.45) is 5.73 Å². The molecule has 0 aliphatic heterocycles. The highest BCUT2D eigenvalue weighted by Gasteiger charge is 1.90. The Labute approximate surface area is 69.5 Å². The summed E-state index contributed by atoms with van der Waals surface area (Å²) < 4.78 is 5.32. The molecule has 0 aromatic heterocycles. The minimum absolute atomic E-state index is 0.730. The third-order valence-corrected chi connectivity index (χ3v) is 1.39. The van der Waals surface area contributed by atoms with Crippen molar-refractivity contribution in [3.63, 3.8) is 0 Å². The Bertz CT molecular complexity index is 76.5. The number of nitrogens with zero attached hydrogens (tertiary/aromatic N) is 1. The Kier molecular flexibility index (Phi) is 7.89. The first kappa shape index (κ1) is 10.9. The molecule has 0 aliphatic rings. The first-order valence-electron chi connectivity index (χ1n) is 4.20. The second-order valence-electron chi connectivity index (χ2n) is 2.91. The first-order valence-corrected chi connectivity index (χ1v) is 4.20. The van der Waals surface area contributed by atoms with Gasteiger partial charge in [-0.25, -0.2) is 0 Å². The lowest BCUT2D eigenvalue weighted by atomic mass is 10.4. The van der Waals surface area contributed by atoms with E-state index >= 15 is 0 Å². The van der Waals surface area contributed by atoms with Crippen molar-refractivity contribution >= 4 is 0 Å². The zero-order valence-electron chi connectivity index (χ0n) is 7.68. The molecule has 0 aromatic rings. The normalized spacial score (nSPS) is 10.9. The van der Waals surface area contributed by atoms with E-state index in [9.17, 15) is 0 Å². The standard InChI is InChI=1S/C8H20N2O/c1-10(2)6-4-8-11-7-3-5-9/h3-9H2,1-2H3. The van der Waals surface area contributed by atoms with Gasteiger partial charge >= 0.3 is 0 Å². The predicted molar refractivity (Wildman–Crippen MR) is 47.7 cm³/mol. The van der Waals surface area contributed by atoms with Gasteiger partial charge in [0.1, 0.15) is 0 Å². The summed E-state index contributed by atoms with van der Waals surface area (Å²) in [6, 6.07) is 0. The van der Waals surface area contributed by atoms with Crippen LogP contribution in [0.1, 0.15) is 12.8 Å². The number of rotatable bonds is 7. The summed E-state index contributed by atoms with van der Waals surface area (Å²) in [6.07, 6.45) is 2.08. The van der Waals surface area contributed by atoms with Gasteiger partial charge in [0, 0.05) is 13.2 Å². The summed E-state index contributed by atoms with van der Waals surface area (Å²) in [5.74, 6) is 0. The van der Waals surface area contributed by atoms with Crippen LogP contribution >= 0.6 is 0 Å². The SMILES string of the molecule is CN(C)CCCOCCCN. The molecule has 0 aliphatic carbocycles. The number of hydrogen-bond donors (Lipinski definition) is 1. The second kappa shape index (κ2) is 7.98. The Hall–Kier alpha value is -0.120. The lowest BCUT2D eigenvalue weighted by molar-refractivity contribution is 0.125. The van der Waals surface area contributed by atoms with Crippen LogP contribution in [-0.4, -0.2) is 45.3 Å². The minimum atomic E-state index is 0.730. The second-order valence-corrected chi connectivity index (χ2v) is 2.91. The molecule has 0 atom stereocenters. The van der Waals surface area contributed by atoms with Crippen molar-refractivity contribution in [3.05, 3.63) is 0 Å². The van der Waals surface area contributed by atoms with E-state index in [0.717, 1.165) is 39.1 Å². The van der Waals surface area contributed by atoms with Gasteiger partial charge in [-0.15, -0.1) is 0 Å². The molecule has 3 heteroatoms. The fourth-order valence-electron chi connectivity index (χ4n) is 0.770. The van der Waals surface area contributed by atoms with Gasteiger partial charge in [0.2, 0.25) is 0 Å². The highest BCUT2D eigenvalue weighted by atomic mass is 16.5. The number of hydrogen-bond acceptors (Lipinski definition) is 3. The molecule has 0 unspecified atom stereocenters. The minimum Gasteiger partial charge on any atom is -0.381 e. The highest BCUT2D eigenvalue weighted by Crippen LogP contribution is 1.86. The maximum absolute atomic E-state index is 5.32. The maximum Gasteiger partial charge on any atom is 0.0478 e. The molecular weight excluding hydrogens is 140 g/mol. The van der Waals surface area contributed by atoms with E-state index in [2.05, 4.69) is 19.0 Å². The summed E-state index contributed by atoms with van der Waals surface area (Å²) in [7, 11) is 4.14. The number of ether oxygens (including phenoxy) is 1. The molecule has 0 spiro atoms. The van der Waals surface area contributed by atoms with Gasteiger partial charge in [0.15, 0.2) is 0 Å². The van der Waals surface area contributed by atoms with Gasteiger partial charge in [-0.2, -0.15) is 0 Å². The molecule has 0 fully saturated rings. The van der Waals surface area contributed by atoms with Crippen LogP contribution in [0.4, 0.5) is 0 Å². The molecule has 3 nitrogen and oxygen atoms in total. The molecule has 2 N–H and O–H groups in total. The lowest BCUT2D eigenvalue weighted by Gasteiger charge is -2.08. The summed E-state index contributed by atoms with van der Waals surface area (Å²) in [6.45, 7) is 3.50. The van der Waals surface area contributed by atoms with Gasteiger partial charge in [0.25, 0.3) is 0 Å². The van der Waals surface area contributed by atoms with Gasteiger partial charge < -0.3 is 15.4 Å². The van der Waals surface area contributed by atoms with E-state index in [0.29, 0.717) is 0 Å². The van der Waals surface area contributed by atoms with Gasteiger partial charge in [0.05, 0.1) is 0 Å². The molecule has 0 rings (SSSR count). The monoisotopic (exact) mass is 160 g/mol. The number of nitrogens with two attached hydrogens (primary N) is 1. The first-order chi connectivity index (χ1) is 5.27. The van der Waals surface area contributed by atoms with Crippen molar-refractivity contribution in [1.29, 1.82) is 0 Å². The van der Waals surface area contributed by atoms with Crippen LogP contribution < -0.4 is 5.73 Å². The average Bonchev–Trinajstić information content (AvgIpc) is 1.96. The Morgan fingerprint density at radius 3 is 2.36 bits per heavy atom. The van der Waals surface area contributed by atoms with Crippen molar-refractivity contribution < 1.29 is 4.74 Å². The fraction of sp³-hybridized carbons (Fsp3) is 1.00. The van der Waals surface area contributed by atoms with Crippen molar-refractivity contribution in [1.82, 2.24) is 4.90 Å². The van der Waals surface area contributed by atoms with Crippen LogP contribution in [0.2, 0.25) is 0 Å². The quantitative estimate of drug-likeness (QED) is 0.544. The van der Waals surface area contributed by atoms with Crippen molar-refractivity contribution in [2.75, 3.05) is 40.4 Å². The lowest BCUT2D eigenvalue weighted by Crippen LogP contribution is -2.15. The van der Waals surface area contributed by atoms with Gasteiger partial charge in [-0.1, -0.05) is 0 Å². The summed E-state index contributed by atoms with van der Waals surface area (Å²) in [4.78, 5) is 2.16. The molecule has 0 radical (unpaired) electrons. The Morgan fingerprint density at radius 1 is 1.18 bits per heavy atom. The summed E-state index contributed by atoms with van der Waals surface area (Å²) in [5, 5.41) is 0. The zero-order chi connectivity index (χ0) is 8.53. The van der Waals surface area contributed by atoms with Gasteiger partial charge in [-0.05, 0) is 40.0 Å². The van der Waals surface area contributed by atoms with Crippen LogP contribution in [0, 0.1) is 0 Å². The summed E-state index contributed by atoms with van der Waals surface area (Å²) in [5.41, 5.74) is 5.30. The Balaban J connectivity index is 2.80. The molecule has 0 bridgehead atoms. The van der Waals surface area contributed by atoms with Crippen LogP contribution in [0.15, 0.2) is 0 Å². The van der Waals surface area contributed by atoms with E-state index in [1.54, 1.807) is 0 Å². The van der Waals surface area contributed by atoms with Crippen LogP contribution in [-0.2, 0) is 4.74 Å². The molecule has 11 heavy (non-hydrogen) atoms. The van der Waals surface area contributed by atoms with E-state index in [1.165, 1.54) is 0 Å². The Morgan fingerprint density at radius 2 is 1.82 bits per heavy atom. The predicted octanol–water partition coefficient (Wildman–Crippen LogP) is 0.304. The molecule has 0 amide bonds. The molecule has 0 aromatic carbocycles. The maximum atomic E-state index is 5.32. The third-order valence-electron chi connectivity index (χ3n) is 1.39. The molecule has 0 saturated carbocycles. The van der Waals surface area contributed by atoms with E-state index < -0.39 is 0 Å². The third kappa shape index (κ3) is 9.88. The molecular formula is C8H20N2O. The average molecular weight is 160 g/mol. The molecule has 0 heterocycles. The van der Waals surface area contributed by atoms with E-state index in [-0.39, 0.29) is 0 Å². The molecule has 0 saturated heterocycles. The fourth-order valence-corrected chi connectivity index (χ4v) is 0.770. The van der Waals surface area contributed by atoms with Crippen LogP contribution in [0.25, 0.3) is 0 Å².